The van der Waals surface area contributed by atoms with Crippen molar-refractivity contribution in [2.45, 2.75) is 77.6 Å². The maximum Gasteiger partial charge on any atom is 0.303 e. The molecule has 0 saturated carbocycles. The van der Waals surface area contributed by atoms with Gasteiger partial charge in [-0.25, -0.2) is 0 Å². The first-order chi connectivity index (χ1) is 9.77. The Hall–Kier alpha value is -1.25. The van der Waals surface area contributed by atoms with Gasteiger partial charge in [-0.3, -0.25) is 4.79 Å². The van der Waals surface area contributed by atoms with E-state index in [4.69, 9.17) is 5.11 Å². The highest BCUT2D eigenvalue weighted by molar-refractivity contribution is 5.66. The molecule has 1 N–H and O–H groups in total. The van der Waals surface area contributed by atoms with Crippen LogP contribution in [0.5, 0.6) is 0 Å². The Morgan fingerprint density at radius 3 is 1.65 bits per heavy atom. The summed E-state index contributed by atoms with van der Waals surface area (Å²) in [4.78, 5) is 10.2. The second-order valence-electron chi connectivity index (χ2n) is 5.12. The molecule has 0 atom stereocenters. The molecule has 0 aliphatic carbocycles. The first-order valence-electron chi connectivity index (χ1n) is 7.96. The second kappa shape index (κ2) is 15.8. The lowest BCUT2D eigenvalue weighted by Crippen LogP contribution is -1.93. The summed E-state index contributed by atoms with van der Waals surface area (Å²) in [6, 6.07) is 3.67. The summed E-state index contributed by atoms with van der Waals surface area (Å²) in [7, 11) is 0. The van der Waals surface area contributed by atoms with Gasteiger partial charge < -0.3 is 9.52 Å². The Morgan fingerprint density at radius 2 is 1.30 bits per heavy atom. The maximum absolute atomic E-state index is 10.2. The first kappa shape index (κ1) is 18.8. The lowest BCUT2D eigenvalue weighted by Gasteiger charge is -2.01. The third-order valence-corrected chi connectivity index (χ3v) is 3.17. The van der Waals surface area contributed by atoms with Crippen LogP contribution < -0.4 is 0 Å². The van der Waals surface area contributed by atoms with Gasteiger partial charge in [0.05, 0.1) is 12.5 Å². The van der Waals surface area contributed by atoms with Crippen LogP contribution in [-0.4, -0.2) is 11.1 Å². The lowest BCUT2D eigenvalue weighted by atomic mass is 10.1. The molecule has 1 aromatic heterocycles. The van der Waals surface area contributed by atoms with Gasteiger partial charge in [0, 0.05) is 6.42 Å². The molecule has 3 heteroatoms. The number of aliphatic carboxylic acids is 1. The highest BCUT2D eigenvalue weighted by Gasteiger charge is 1.96. The van der Waals surface area contributed by atoms with E-state index >= 15 is 0 Å². The number of rotatable bonds is 11. The van der Waals surface area contributed by atoms with E-state index < -0.39 is 5.97 Å². The van der Waals surface area contributed by atoms with Crippen molar-refractivity contribution in [3.05, 3.63) is 24.7 Å². The monoisotopic (exact) mass is 282 g/mol. The fourth-order valence-electron chi connectivity index (χ4n) is 1.99. The summed E-state index contributed by atoms with van der Waals surface area (Å²) in [6.45, 7) is 2.24. The summed E-state index contributed by atoms with van der Waals surface area (Å²) in [5, 5.41) is 8.44. The molecule has 0 aromatic carbocycles. The Balaban J connectivity index is 0.000000595. The minimum atomic E-state index is -0.658. The summed E-state index contributed by atoms with van der Waals surface area (Å²) in [6.07, 6.45) is 16.2. The fourth-order valence-corrected chi connectivity index (χ4v) is 1.99. The molecule has 0 spiro atoms. The van der Waals surface area contributed by atoms with Gasteiger partial charge in [0.2, 0.25) is 0 Å². The van der Waals surface area contributed by atoms with Gasteiger partial charge in [0.1, 0.15) is 0 Å². The van der Waals surface area contributed by atoms with Crippen LogP contribution >= 0.6 is 0 Å². The van der Waals surface area contributed by atoms with Crippen molar-refractivity contribution in [3.8, 4) is 0 Å². The number of carboxylic acid groups (broad SMARTS) is 1. The fraction of sp³-hybridized carbons (Fsp3) is 0.706. The number of furan rings is 1. The molecule has 0 aliphatic rings. The molecule has 20 heavy (non-hydrogen) atoms. The third-order valence-electron chi connectivity index (χ3n) is 3.17. The number of carbonyl (C=O) groups is 1. The SMILES string of the molecule is CCCCCCCCCCCCC(=O)O.c1ccoc1. The van der Waals surface area contributed by atoms with Crippen LogP contribution in [0.4, 0.5) is 0 Å². The van der Waals surface area contributed by atoms with E-state index in [2.05, 4.69) is 11.3 Å². The summed E-state index contributed by atoms with van der Waals surface area (Å²) >= 11 is 0. The number of hydrogen-bond acceptors (Lipinski definition) is 2. The first-order valence-corrected chi connectivity index (χ1v) is 7.96. The quantitative estimate of drug-likeness (QED) is 0.533. The molecule has 0 amide bonds. The largest absolute Gasteiger partial charge is 0.481 e. The van der Waals surface area contributed by atoms with Crippen molar-refractivity contribution in [2.24, 2.45) is 0 Å². The van der Waals surface area contributed by atoms with Crippen molar-refractivity contribution >= 4 is 5.97 Å². The Bertz CT molecular complexity index is 263. The van der Waals surface area contributed by atoms with Crippen LogP contribution in [0.15, 0.2) is 29.1 Å². The van der Waals surface area contributed by atoms with Gasteiger partial charge in [0.25, 0.3) is 0 Å². The van der Waals surface area contributed by atoms with Gasteiger partial charge in [-0.2, -0.15) is 0 Å². The molecule has 0 fully saturated rings. The predicted octanol–water partition coefficient (Wildman–Crippen LogP) is 5.66. The van der Waals surface area contributed by atoms with E-state index in [1.807, 2.05) is 12.1 Å². The molecule has 116 valence electrons. The van der Waals surface area contributed by atoms with Gasteiger partial charge >= 0.3 is 5.97 Å². The van der Waals surface area contributed by atoms with Gasteiger partial charge in [-0.15, -0.1) is 0 Å². The zero-order valence-electron chi connectivity index (χ0n) is 12.9. The van der Waals surface area contributed by atoms with Gasteiger partial charge in [-0.1, -0.05) is 64.7 Å². The number of unbranched alkanes of at least 4 members (excludes halogenated alkanes) is 9. The molecular formula is C17H30O3. The van der Waals surface area contributed by atoms with Gasteiger partial charge in [0.15, 0.2) is 0 Å². The molecule has 1 aromatic rings. The molecule has 0 bridgehead atoms. The Morgan fingerprint density at radius 1 is 0.850 bits per heavy atom. The van der Waals surface area contributed by atoms with Crippen LogP contribution in [0, 0.1) is 0 Å². The molecule has 0 radical (unpaired) electrons. The third kappa shape index (κ3) is 16.8. The Labute approximate surface area is 123 Å². The number of hydrogen-bond donors (Lipinski definition) is 1. The smallest absolute Gasteiger partial charge is 0.303 e. The van der Waals surface area contributed by atoms with Gasteiger partial charge in [-0.05, 0) is 18.6 Å². The normalized spacial score (nSPS) is 9.85. The summed E-state index contributed by atoms with van der Waals surface area (Å²) in [5.74, 6) is -0.658. The molecular weight excluding hydrogens is 252 g/mol. The zero-order chi connectivity index (χ0) is 14.9. The average Bonchev–Trinajstić information content (AvgIpc) is 3.00. The van der Waals surface area contributed by atoms with Crippen LogP contribution in [0.25, 0.3) is 0 Å². The number of carboxylic acids is 1. The molecule has 3 nitrogen and oxygen atoms in total. The second-order valence-corrected chi connectivity index (χ2v) is 5.12. The van der Waals surface area contributed by atoms with Crippen molar-refractivity contribution in [1.29, 1.82) is 0 Å². The van der Waals surface area contributed by atoms with E-state index in [1.165, 1.54) is 51.4 Å². The maximum atomic E-state index is 10.2. The topological polar surface area (TPSA) is 50.4 Å². The van der Waals surface area contributed by atoms with E-state index in [9.17, 15) is 4.79 Å². The molecule has 1 heterocycles. The summed E-state index contributed by atoms with van der Waals surface area (Å²) in [5.41, 5.74) is 0. The minimum Gasteiger partial charge on any atom is -0.481 e. The predicted molar refractivity (Wildman–Crippen MR) is 82.8 cm³/mol. The van der Waals surface area contributed by atoms with Crippen LogP contribution in [0.2, 0.25) is 0 Å². The van der Waals surface area contributed by atoms with E-state index in [0.29, 0.717) is 6.42 Å². The summed E-state index contributed by atoms with van der Waals surface area (Å²) < 4.78 is 4.58. The molecule has 1 rings (SSSR count). The standard InChI is InChI=1S/C13H26O2.C4H4O/c1-2-3-4-5-6-7-8-9-10-11-12-13(14)15;1-2-4-5-3-1/h2-12H2,1H3,(H,14,15);1-4H. The highest BCUT2D eigenvalue weighted by atomic mass is 16.4. The molecule has 0 saturated heterocycles. The van der Waals surface area contributed by atoms with Crippen molar-refractivity contribution in [2.75, 3.05) is 0 Å². The van der Waals surface area contributed by atoms with E-state index in [0.717, 1.165) is 12.8 Å². The lowest BCUT2D eigenvalue weighted by molar-refractivity contribution is -0.137. The van der Waals surface area contributed by atoms with E-state index in [-0.39, 0.29) is 0 Å². The van der Waals surface area contributed by atoms with Crippen LogP contribution in [0.3, 0.4) is 0 Å². The highest BCUT2D eigenvalue weighted by Crippen LogP contribution is 2.11. The van der Waals surface area contributed by atoms with Crippen molar-refractivity contribution in [1.82, 2.24) is 0 Å². The Kier molecular flexibility index (Phi) is 14.8. The van der Waals surface area contributed by atoms with E-state index in [1.54, 1.807) is 12.5 Å². The van der Waals surface area contributed by atoms with Crippen molar-refractivity contribution < 1.29 is 14.3 Å². The average molecular weight is 282 g/mol. The molecule has 0 aliphatic heterocycles. The van der Waals surface area contributed by atoms with Crippen molar-refractivity contribution in [3.63, 3.8) is 0 Å². The minimum absolute atomic E-state index is 0.344. The van der Waals surface area contributed by atoms with Crippen LogP contribution in [-0.2, 0) is 4.79 Å². The van der Waals surface area contributed by atoms with Crippen LogP contribution in [0.1, 0.15) is 77.6 Å². The molecule has 0 unspecified atom stereocenters. The zero-order valence-corrected chi connectivity index (χ0v) is 12.9.